The van der Waals surface area contributed by atoms with Gasteiger partial charge in [0.15, 0.2) is 11.5 Å². The molecule has 5 rings (SSSR count). The number of carbonyl (C=O) groups excluding carboxylic acids is 2. The third-order valence-electron chi connectivity index (χ3n) is 7.44. The van der Waals surface area contributed by atoms with Crippen LogP contribution in [0.1, 0.15) is 62.4 Å². The summed E-state index contributed by atoms with van der Waals surface area (Å²) in [5, 5.41) is 11.6. The van der Waals surface area contributed by atoms with E-state index in [2.05, 4.69) is 13.8 Å². The largest absolute Gasteiger partial charge is 0.507 e. The van der Waals surface area contributed by atoms with Gasteiger partial charge < -0.3 is 24.2 Å². The molecule has 7 nitrogen and oxygen atoms in total. The molecule has 1 fully saturated rings. The Kier molecular flexibility index (Phi) is 8.34. The molecule has 7 heteroatoms. The number of ketones is 1. The zero-order valence-corrected chi connectivity index (χ0v) is 24.1. The number of fused-ring (bicyclic) bond motifs is 1. The van der Waals surface area contributed by atoms with Gasteiger partial charge in [-0.25, -0.2) is 0 Å². The molecular weight excluding hydrogens is 518 g/mol. The van der Waals surface area contributed by atoms with Crippen LogP contribution < -0.4 is 14.2 Å². The van der Waals surface area contributed by atoms with Crippen molar-refractivity contribution in [1.29, 1.82) is 0 Å². The molecule has 214 valence electrons. The molecule has 0 saturated carbocycles. The van der Waals surface area contributed by atoms with Crippen LogP contribution in [0.25, 0.3) is 5.76 Å². The molecular formula is C34H37NO6. The number of amides is 1. The number of ether oxygens (including phenoxy) is 3. The molecule has 41 heavy (non-hydrogen) atoms. The Morgan fingerprint density at radius 3 is 2.54 bits per heavy atom. The molecule has 1 saturated heterocycles. The van der Waals surface area contributed by atoms with E-state index in [9.17, 15) is 14.7 Å². The minimum Gasteiger partial charge on any atom is -0.507 e. The lowest BCUT2D eigenvalue weighted by atomic mass is 9.94. The fourth-order valence-electron chi connectivity index (χ4n) is 5.38. The van der Waals surface area contributed by atoms with E-state index in [1.165, 1.54) is 4.90 Å². The Morgan fingerprint density at radius 1 is 1.02 bits per heavy atom. The highest BCUT2D eigenvalue weighted by Gasteiger charge is 2.46. The zero-order chi connectivity index (χ0) is 29.1. The third-order valence-corrected chi connectivity index (χ3v) is 7.44. The number of aliphatic hydroxyl groups is 1. The van der Waals surface area contributed by atoms with E-state index in [0.29, 0.717) is 48.2 Å². The maximum Gasteiger partial charge on any atom is 0.295 e. The molecule has 0 spiro atoms. The van der Waals surface area contributed by atoms with E-state index < -0.39 is 17.7 Å². The van der Waals surface area contributed by atoms with Crippen LogP contribution in [0.3, 0.4) is 0 Å². The summed E-state index contributed by atoms with van der Waals surface area (Å²) in [5.74, 6) is 0.812. The topological polar surface area (TPSA) is 85.3 Å². The number of hydrogen-bond donors (Lipinski definition) is 1. The van der Waals surface area contributed by atoms with Gasteiger partial charge in [0.05, 0.1) is 24.8 Å². The van der Waals surface area contributed by atoms with Crippen molar-refractivity contribution in [3.05, 3.63) is 94.6 Å². The second kappa shape index (κ2) is 12.1. The Morgan fingerprint density at radius 2 is 1.80 bits per heavy atom. The summed E-state index contributed by atoms with van der Waals surface area (Å²) in [6.45, 7) is 9.33. The van der Waals surface area contributed by atoms with E-state index in [1.807, 2.05) is 68.4 Å². The number of Topliss-reactive ketones (excluding diaryl/α,β-unsaturated/α-hetero) is 1. The number of nitrogens with zero attached hydrogens (tertiary/aromatic N) is 1. The number of benzene rings is 3. The van der Waals surface area contributed by atoms with Gasteiger partial charge in [0.1, 0.15) is 17.6 Å². The number of rotatable bonds is 10. The van der Waals surface area contributed by atoms with Crippen LogP contribution in [0.2, 0.25) is 0 Å². The van der Waals surface area contributed by atoms with Crippen molar-refractivity contribution >= 4 is 17.4 Å². The summed E-state index contributed by atoms with van der Waals surface area (Å²) in [5.41, 5.74) is 3.01. The Labute approximate surface area is 241 Å². The second-order valence-electron chi connectivity index (χ2n) is 11.0. The van der Waals surface area contributed by atoms with Crippen LogP contribution >= 0.6 is 0 Å². The molecule has 2 atom stereocenters. The molecule has 3 aromatic rings. The fraction of sp³-hybridized carbons (Fsp3) is 0.353. The quantitative estimate of drug-likeness (QED) is 0.176. The highest BCUT2D eigenvalue weighted by Crippen LogP contribution is 2.43. The molecule has 1 N–H and O–H groups in total. The van der Waals surface area contributed by atoms with Gasteiger partial charge in [-0.2, -0.15) is 0 Å². The first-order valence-electron chi connectivity index (χ1n) is 14.3. The van der Waals surface area contributed by atoms with Gasteiger partial charge in [0, 0.05) is 18.5 Å². The maximum absolute atomic E-state index is 13.6. The van der Waals surface area contributed by atoms with E-state index >= 15 is 0 Å². The lowest BCUT2D eigenvalue weighted by Crippen LogP contribution is -2.29. The van der Waals surface area contributed by atoms with Crippen LogP contribution in [0.15, 0.2) is 72.3 Å². The summed E-state index contributed by atoms with van der Waals surface area (Å²) in [6, 6.07) is 19.5. The van der Waals surface area contributed by atoms with Crippen LogP contribution in [-0.4, -0.2) is 41.0 Å². The van der Waals surface area contributed by atoms with Crippen molar-refractivity contribution in [1.82, 2.24) is 4.90 Å². The van der Waals surface area contributed by atoms with Crippen LogP contribution in [0, 0.1) is 5.92 Å². The first-order valence-corrected chi connectivity index (χ1v) is 14.3. The summed E-state index contributed by atoms with van der Waals surface area (Å²) in [6.07, 6.45) is 1.64. The van der Waals surface area contributed by atoms with E-state index in [1.54, 1.807) is 12.1 Å². The highest BCUT2D eigenvalue weighted by molar-refractivity contribution is 6.46. The van der Waals surface area contributed by atoms with Crippen LogP contribution in [0.5, 0.6) is 17.2 Å². The van der Waals surface area contributed by atoms with Gasteiger partial charge in [0.25, 0.3) is 11.7 Å². The van der Waals surface area contributed by atoms with Crippen molar-refractivity contribution in [2.24, 2.45) is 5.92 Å². The van der Waals surface area contributed by atoms with E-state index in [-0.39, 0.29) is 24.0 Å². The Balaban J connectivity index is 1.60. The Hall–Kier alpha value is -4.26. The average molecular weight is 556 g/mol. The standard InChI is InChI=1S/C34H37NO6/c1-5-39-29-19-24(11-14-28(29)40-16-15-21(2)3)31-30(32(36)25-12-13-27-26(18-25)17-22(4)41-27)33(37)34(38)35(31)20-23-9-7-6-8-10-23/h6-14,18-19,21-22,31,36H,5,15-17,20H2,1-4H3/t22-,31+/m1/s1. The molecule has 0 radical (unpaired) electrons. The minimum absolute atomic E-state index is 0.0390. The van der Waals surface area contributed by atoms with E-state index in [4.69, 9.17) is 14.2 Å². The predicted octanol–water partition coefficient (Wildman–Crippen LogP) is 6.46. The molecule has 0 aromatic heterocycles. The second-order valence-corrected chi connectivity index (χ2v) is 11.0. The van der Waals surface area contributed by atoms with Gasteiger partial charge in [0.2, 0.25) is 0 Å². The van der Waals surface area contributed by atoms with Gasteiger partial charge in [-0.3, -0.25) is 9.59 Å². The summed E-state index contributed by atoms with van der Waals surface area (Å²) in [7, 11) is 0. The first kappa shape index (κ1) is 28.3. The molecule has 0 aliphatic carbocycles. The van der Waals surface area contributed by atoms with Gasteiger partial charge in [-0.15, -0.1) is 0 Å². The van der Waals surface area contributed by atoms with Gasteiger partial charge in [-0.1, -0.05) is 50.2 Å². The normalized spacial score (nSPS) is 19.4. The number of aliphatic hydroxyl groups excluding tert-OH is 1. The fourth-order valence-corrected chi connectivity index (χ4v) is 5.38. The van der Waals surface area contributed by atoms with Crippen molar-refractivity contribution in [3.63, 3.8) is 0 Å². The van der Waals surface area contributed by atoms with Gasteiger partial charge in [-0.05, 0) is 73.2 Å². The molecule has 3 aromatic carbocycles. The van der Waals surface area contributed by atoms with Crippen molar-refractivity contribution in [2.45, 2.75) is 59.2 Å². The summed E-state index contributed by atoms with van der Waals surface area (Å²) in [4.78, 5) is 28.6. The number of likely N-dealkylation sites (tertiary alicyclic amines) is 1. The number of carbonyl (C=O) groups is 2. The summed E-state index contributed by atoms with van der Waals surface area (Å²) >= 11 is 0. The van der Waals surface area contributed by atoms with Crippen LogP contribution in [0.4, 0.5) is 0 Å². The van der Waals surface area contributed by atoms with Gasteiger partial charge >= 0.3 is 0 Å². The third kappa shape index (κ3) is 5.94. The first-order chi connectivity index (χ1) is 19.8. The number of hydrogen-bond acceptors (Lipinski definition) is 6. The molecule has 2 aliphatic rings. The average Bonchev–Trinajstić information content (AvgIpc) is 3.45. The van der Waals surface area contributed by atoms with Crippen molar-refractivity contribution < 1.29 is 28.9 Å². The lowest BCUT2D eigenvalue weighted by Gasteiger charge is -2.26. The molecule has 2 heterocycles. The molecule has 0 bridgehead atoms. The monoisotopic (exact) mass is 555 g/mol. The molecule has 0 unspecified atom stereocenters. The predicted molar refractivity (Wildman–Crippen MR) is 157 cm³/mol. The smallest absolute Gasteiger partial charge is 0.295 e. The van der Waals surface area contributed by atoms with Crippen LogP contribution in [-0.2, 0) is 22.6 Å². The Bertz CT molecular complexity index is 1460. The van der Waals surface area contributed by atoms with Crippen molar-refractivity contribution in [2.75, 3.05) is 13.2 Å². The highest BCUT2D eigenvalue weighted by atomic mass is 16.5. The summed E-state index contributed by atoms with van der Waals surface area (Å²) < 4.78 is 17.8. The van der Waals surface area contributed by atoms with Crippen molar-refractivity contribution in [3.8, 4) is 17.2 Å². The minimum atomic E-state index is -0.817. The maximum atomic E-state index is 13.6. The van der Waals surface area contributed by atoms with E-state index in [0.717, 1.165) is 23.3 Å². The molecule has 1 amide bonds. The zero-order valence-electron chi connectivity index (χ0n) is 24.1. The SMILES string of the molecule is CCOc1cc([C@H]2C(=C(O)c3ccc4c(c3)C[C@@H](C)O4)C(=O)C(=O)N2Cc2ccccc2)ccc1OCCC(C)C. The lowest BCUT2D eigenvalue weighted by molar-refractivity contribution is -0.140. The molecule has 2 aliphatic heterocycles.